The van der Waals surface area contributed by atoms with Crippen LogP contribution in [0.25, 0.3) is 0 Å². The topological polar surface area (TPSA) is 58.2 Å². The summed E-state index contributed by atoms with van der Waals surface area (Å²) in [5, 5.41) is 6.16. The third-order valence-electron chi connectivity index (χ3n) is 5.34. The predicted molar refractivity (Wildman–Crippen MR) is 119 cm³/mol. The number of rotatable bonds is 10. The Morgan fingerprint density at radius 1 is 0.724 bits per heavy atom. The summed E-state index contributed by atoms with van der Waals surface area (Å²) in [4.78, 5) is 25.4. The summed E-state index contributed by atoms with van der Waals surface area (Å²) in [7, 11) is 0. The quantitative estimate of drug-likeness (QED) is 0.617. The molecule has 0 saturated carbocycles. The molecular formula is C25H34N2O2. The molecule has 0 radical (unpaired) electrons. The molecule has 2 amide bonds. The van der Waals surface area contributed by atoms with Crippen LogP contribution in [0.1, 0.15) is 63.5 Å². The third-order valence-corrected chi connectivity index (χ3v) is 5.34. The summed E-state index contributed by atoms with van der Waals surface area (Å²) in [6.07, 6.45) is 1.50. The lowest BCUT2D eigenvalue weighted by Crippen LogP contribution is -2.44. The van der Waals surface area contributed by atoms with Crippen LogP contribution in [0.4, 0.5) is 0 Å². The Bertz CT molecular complexity index is 706. The van der Waals surface area contributed by atoms with Crippen LogP contribution in [0, 0.1) is 5.41 Å². The van der Waals surface area contributed by atoms with Gasteiger partial charge in [0, 0.05) is 13.1 Å². The highest BCUT2D eigenvalue weighted by Crippen LogP contribution is 2.22. The lowest BCUT2D eigenvalue weighted by Gasteiger charge is -2.27. The molecule has 0 aliphatic rings. The summed E-state index contributed by atoms with van der Waals surface area (Å²) < 4.78 is 0. The SMILES string of the molecule is CC[C@H](C(=O)NCC(C)(C)CNC(=O)[C@@H](CC)c1ccccc1)c1ccccc1. The van der Waals surface area contributed by atoms with E-state index in [4.69, 9.17) is 0 Å². The maximum absolute atomic E-state index is 12.7. The van der Waals surface area contributed by atoms with Crippen molar-refractivity contribution in [1.29, 1.82) is 0 Å². The van der Waals surface area contributed by atoms with Gasteiger partial charge < -0.3 is 10.6 Å². The lowest BCUT2D eigenvalue weighted by molar-refractivity contribution is -0.123. The number of carbonyl (C=O) groups excluding carboxylic acids is 2. The van der Waals surface area contributed by atoms with Crippen LogP contribution in [-0.4, -0.2) is 24.9 Å². The van der Waals surface area contributed by atoms with E-state index in [1.807, 2.05) is 74.5 Å². The van der Waals surface area contributed by atoms with Gasteiger partial charge in [0.2, 0.25) is 11.8 Å². The molecule has 0 aliphatic carbocycles. The van der Waals surface area contributed by atoms with Gasteiger partial charge in [0.25, 0.3) is 0 Å². The molecule has 29 heavy (non-hydrogen) atoms. The average molecular weight is 395 g/mol. The van der Waals surface area contributed by atoms with E-state index >= 15 is 0 Å². The molecule has 0 heterocycles. The largest absolute Gasteiger partial charge is 0.355 e. The van der Waals surface area contributed by atoms with E-state index < -0.39 is 0 Å². The fourth-order valence-electron chi connectivity index (χ4n) is 3.48. The Morgan fingerprint density at radius 3 is 1.38 bits per heavy atom. The molecule has 2 atom stereocenters. The second-order valence-corrected chi connectivity index (χ2v) is 8.34. The number of hydrogen-bond donors (Lipinski definition) is 2. The first-order chi connectivity index (χ1) is 13.9. The van der Waals surface area contributed by atoms with Gasteiger partial charge in [0.1, 0.15) is 0 Å². The molecule has 0 bridgehead atoms. The maximum Gasteiger partial charge on any atom is 0.227 e. The fraction of sp³-hybridized carbons (Fsp3) is 0.440. The Labute approximate surface area is 175 Å². The second-order valence-electron chi connectivity index (χ2n) is 8.34. The van der Waals surface area contributed by atoms with Gasteiger partial charge in [-0.3, -0.25) is 9.59 Å². The molecule has 156 valence electrons. The normalized spacial score (nSPS) is 13.4. The van der Waals surface area contributed by atoms with Gasteiger partial charge in [-0.1, -0.05) is 88.4 Å². The molecule has 0 fully saturated rings. The Balaban J connectivity index is 1.89. The first kappa shape index (κ1) is 22.7. The van der Waals surface area contributed by atoms with Gasteiger partial charge in [-0.05, 0) is 29.4 Å². The number of amides is 2. The van der Waals surface area contributed by atoms with Crippen LogP contribution >= 0.6 is 0 Å². The molecule has 4 nitrogen and oxygen atoms in total. The van der Waals surface area contributed by atoms with E-state index in [0.29, 0.717) is 13.1 Å². The van der Waals surface area contributed by atoms with Gasteiger partial charge in [-0.25, -0.2) is 0 Å². The van der Waals surface area contributed by atoms with Crippen molar-refractivity contribution < 1.29 is 9.59 Å². The van der Waals surface area contributed by atoms with Gasteiger partial charge in [-0.2, -0.15) is 0 Å². The first-order valence-electron chi connectivity index (χ1n) is 10.5. The number of hydrogen-bond acceptors (Lipinski definition) is 2. The molecular weight excluding hydrogens is 360 g/mol. The highest BCUT2D eigenvalue weighted by Gasteiger charge is 2.25. The van der Waals surface area contributed by atoms with E-state index in [0.717, 1.165) is 24.0 Å². The molecule has 2 aromatic rings. The number of nitrogens with one attached hydrogen (secondary N) is 2. The molecule has 2 N–H and O–H groups in total. The Morgan fingerprint density at radius 2 is 1.07 bits per heavy atom. The van der Waals surface area contributed by atoms with Crippen LogP contribution < -0.4 is 10.6 Å². The van der Waals surface area contributed by atoms with Gasteiger partial charge in [-0.15, -0.1) is 0 Å². The minimum absolute atomic E-state index is 0.0359. The zero-order valence-electron chi connectivity index (χ0n) is 18.1. The second kappa shape index (κ2) is 10.8. The van der Waals surface area contributed by atoms with E-state index in [2.05, 4.69) is 24.5 Å². The minimum Gasteiger partial charge on any atom is -0.355 e. The van der Waals surface area contributed by atoms with E-state index in [1.165, 1.54) is 0 Å². The van der Waals surface area contributed by atoms with Gasteiger partial charge in [0.05, 0.1) is 11.8 Å². The van der Waals surface area contributed by atoms with E-state index in [9.17, 15) is 9.59 Å². The van der Waals surface area contributed by atoms with Crippen LogP contribution in [0.3, 0.4) is 0 Å². The average Bonchev–Trinajstić information content (AvgIpc) is 2.74. The zero-order valence-corrected chi connectivity index (χ0v) is 18.1. The number of carbonyl (C=O) groups is 2. The highest BCUT2D eigenvalue weighted by atomic mass is 16.2. The summed E-state index contributed by atoms with van der Waals surface area (Å²) in [5.74, 6) is -0.226. The van der Waals surface area contributed by atoms with Gasteiger partial charge in [0.15, 0.2) is 0 Å². The van der Waals surface area contributed by atoms with Crippen molar-refractivity contribution in [3.63, 3.8) is 0 Å². The zero-order chi connectivity index (χ0) is 21.3. The van der Waals surface area contributed by atoms with Crippen molar-refractivity contribution in [2.75, 3.05) is 13.1 Å². The molecule has 0 aliphatic heterocycles. The number of benzene rings is 2. The van der Waals surface area contributed by atoms with Crippen molar-refractivity contribution in [2.24, 2.45) is 5.41 Å². The molecule has 0 aromatic heterocycles. The molecule has 0 saturated heterocycles. The van der Waals surface area contributed by atoms with Crippen LogP contribution in [0.15, 0.2) is 60.7 Å². The predicted octanol–water partition coefficient (Wildman–Crippen LogP) is 4.63. The van der Waals surface area contributed by atoms with Crippen LogP contribution in [0.2, 0.25) is 0 Å². The monoisotopic (exact) mass is 394 g/mol. The smallest absolute Gasteiger partial charge is 0.227 e. The van der Waals surface area contributed by atoms with Crippen LogP contribution in [-0.2, 0) is 9.59 Å². The summed E-state index contributed by atoms with van der Waals surface area (Å²) >= 11 is 0. The minimum atomic E-state index is -0.241. The van der Waals surface area contributed by atoms with E-state index in [-0.39, 0.29) is 29.1 Å². The standard InChI is InChI=1S/C25H34N2O2/c1-5-21(19-13-9-7-10-14-19)23(28)26-17-25(3,4)18-27-24(29)22(6-2)20-15-11-8-12-16-20/h7-16,21-22H,5-6,17-18H2,1-4H3,(H,26,28)(H,27,29)/t21-,22-/m0/s1. The molecule has 0 spiro atoms. The maximum atomic E-state index is 12.7. The first-order valence-corrected chi connectivity index (χ1v) is 10.5. The van der Waals surface area contributed by atoms with Crippen molar-refractivity contribution in [3.05, 3.63) is 71.8 Å². The summed E-state index contributed by atoms with van der Waals surface area (Å²) in [5.41, 5.74) is 1.83. The van der Waals surface area contributed by atoms with Crippen molar-refractivity contribution in [1.82, 2.24) is 10.6 Å². The Kier molecular flexibility index (Phi) is 8.44. The molecule has 0 unspecified atom stereocenters. The summed E-state index contributed by atoms with van der Waals surface area (Å²) in [6, 6.07) is 19.7. The van der Waals surface area contributed by atoms with Crippen molar-refractivity contribution >= 4 is 11.8 Å². The van der Waals surface area contributed by atoms with Crippen molar-refractivity contribution in [3.8, 4) is 0 Å². The Hall–Kier alpha value is -2.62. The third kappa shape index (κ3) is 6.74. The van der Waals surface area contributed by atoms with E-state index in [1.54, 1.807) is 0 Å². The molecule has 4 heteroatoms. The van der Waals surface area contributed by atoms with Crippen LogP contribution in [0.5, 0.6) is 0 Å². The fourth-order valence-corrected chi connectivity index (χ4v) is 3.48. The molecule has 2 aromatic carbocycles. The molecule has 2 rings (SSSR count). The van der Waals surface area contributed by atoms with Crippen molar-refractivity contribution in [2.45, 2.75) is 52.4 Å². The summed E-state index contributed by atoms with van der Waals surface area (Å²) in [6.45, 7) is 9.18. The van der Waals surface area contributed by atoms with Gasteiger partial charge >= 0.3 is 0 Å². The lowest BCUT2D eigenvalue weighted by atomic mass is 9.90. The highest BCUT2D eigenvalue weighted by molar-refractivity contribution is 5.84.